The summed E-state index contributed by atoms with van der Waals surface area (Å²) in [5, 5.41) is 0. The fraction of sp³-hybridized carbons (Fsp3) is 0.833. The molecule has 0 atom stereocenters. The number of aldehydes is 1. The van der Waals surface area contributed by atoms with E-state index >= 15 is 0 Å². The van der Waals surface area contributed by atoms with Crippen molar-refractivity contribution in [1.29, 1.82) is 0 Å². The van der Waals surface area contributed by atoms with E-state index in [9.17, 15) is 9.59 Å². The highest BCUT2D eigenvalue weighted by atomic mass is 16.5. The Bertz CT molecular complexity index is 206. The highest BCUT2D eigenvalue weighted by molar-refractivity contribution is 5.72. The van der Waals surface area contributed by atoms with Gasteiger partial charge < -0.3 is 14.3 Å². The zero-order chi connectivity index (χ0) is 12.4. The summed E-state index contributed by atoms with van der Waals surface area (Å²) < 4.78 is 10.4. The number of carbonyl (C=O) groups is 2. The van der Waals surface area contributed by atoms with Crippen molar-refractivity contribution in [2.24, 2.45) is 0 Å². The highest BCUT2D eigenvalue weighted by Crippen LogP contribution is 2.07. The van der Waals surface area contributed by atoms with E-state index in [1.54, 1.807) is 0 Å². The molecule has 0 aliphatic rings. The highest BCUT2D eigenvalue weighted by Gasteiger charge is 2.09. The molecular weight excluding hydrogens is 208 g/mol. The molecule has 0 bridgehead atoms. The number of unbranched alkanes of at least 4 members (excludes halogenated alkanes) is 1. The van der Waals surface area contributed by atoms with Gasteiger partial charge in [0.15, 0.2) is 0 Å². The van der Waals surface area contributed by atoms with Gasteiger partial charge in [0.25, 0.3) is 0 Å². The fourth-order valence-electron chi connectivity index (χ4n) is 1.02. The second kappa shape index (κ2) is 8.28. The van der Waals surface area contributed by atoms with Crippen LogP contribution in [-0.4, -0.2) is 31.1 Å². The van der Waals surface area contributed by atoms with Crippen LogP contribution in [-0.2, 0) is 19.1 Å². The van der Waals surface area contributed by atoms with Gasteiger partial charge >= 0.3 is 5.97 Å². The fourth-order valence-corrected chi connectivity index (χ4v) is 1.02. The third-order valence-electron chi connectivity index (χ3n) is 1.80. The Morgan fingerprint density at radius 2 is 1.81 bits per heavy atom. The van der Waals surface area contributed by atoms with E-state index in [0.717, 1.165) is 19.1 Å². The van der Waals surface area contributed by atoms with Gasteiger partial charge in [-0.1, -0.05) is 0 Å². The molecule has 0 fully saturated rings. The molecule has 0 N–H and O–H groups in total. The lowest BCUT2D eigenvalue weighted by Crippen LogP contribution is -2.19. The van der Waals surface area contributed by atoms with E-state index in [2.05, 4.69) is 0 Å². The third kappa shape index (κ3) is 11.2. The minimum atomic E-state index is -0.302. The van der Waals surface area contributed by atoms with Gasteiger partial charge in [0, 0.05) is 13.0 Å². The summed E-state index contributed by atoms with van der Waals surface area (Å²) in [7, 11) is 0. The Morgan fingerprint density at radius 1 is 1.19 bits per heavy atom. The van der Waals surface area contributed by atoms with Crippen molar-refractivity contribution >= 4 is 12.3 Å². The first-order valence-electron chi connectivity index (χ1n) is 5.69. The number of esters is 1. The molecule has 0 aromatic carbocycles. The number of hydrogen-bond acceptors (Lipinski definition) is 4. The van der Waals surface area contributed by atoms with Crippen LogP contribution >= 0.6 is 0 Å². The predicted octanol–water partition coefficient (Wildman–Crippen LogP) is 2.10. The molecule has 4 nitrogen and oxygen atoms in total. The van der Waals surface area contributed by atoms with Crippen LogP contribution < -0.4 is 0 Å². The molecule has 0 unspecified atom stereocenters. The molecule has 0 aliphatic carbocycles. The Kier molecular flexibility index (Phi) is 7.81. The zero-order valence-corrected chi connectivity index (χ0v) is 10.5. The Morgan fingerprint density at radius 3 is 2.38 bits per heavy atom. The molecule has 0 spiro atoms. The Labute approximate surface area is 97.3 Å². The van der Waals surface area contributed by atoms with Crippen molar-refractivity contribution < 1.29 is 19.1 Å². The van der Waals surface area contributed by atoms with Crippen LogP contribution in [0.25, 0.3) is 0 Å². The van der Waals surface area contributed by atoms with Crippen LogP contribution in [0.3, 0.4) is 0 Å². The van der Waals surface area contributed by atoms with Gasteiger partial charge in [-0.25, -0.2) is 0 Å². The molecule has 4 heteroatoms. The normalized spacial score (nSPS) is 11.2. The molecule has 0 saturated carbocycles. The molecule has 0 radical (unpaired) electrons. The molecule has 0 heterocycles. The molecule has 0 aromatic rings. The predicted molar refractivity (Wildman–Crippen MR) is 61.2 cm³/mol. The molecule has 0 amide bonds. The molecule has 16 heavy (non-hydrogen) atoms. The maximum atomic E-state index is 11.0. The summed E-state index contributed by atoms with van der Waals surface area (Å²) in [5.74, 6) is -0.302. The van der Waals surface area contributed by atoms with Gasteiger partial charge in [0.05, 0.1) is 18.6 Å². The lowest BCUT2D eigenvalue weighted by molar-refractivity contribution is -0.144. The maximum Gasteiger partial charge on any atom is 0.306 e. The number of rotatable bonds is 8. The van der Waals surface area contributed by atoms with Crippen LogP contribution in [0, 0.1) is 0 Å². The summed E-state index contributed by atoms with van der Waals surface area (Å²) in [6.07, 6.45) is 2.81. The second-order valence-corrected chi connectivity index (χ2v) is 4.59. The van der Waals surface area contributed by atoms with Crippen molar-refractivity contribution in [3.8, 4) is 0 Å². The van der Waals surface area contributed by atoms with E-state index < -0.39 is 0 Å². The van der Waals surface area contributed by atoms with Crippen LogP contribution in [0.2, 0.25) is 0 Å². The number of hydrogen-bond donors (Lipinski definition) is 0. The van der Waals surface area contributed by atoms with E-state index in [1.165, 1.54) is 0 Å². The van der Waals surface area contributed by atoms with Gasteiger partial charge in [0.2, 0.25) is 0 Å². The molecule has 0 aromatic heterocycles. The topological polar surface area (TPSA) is 52.6 Å². The summed E-state index contributed by atoms with van der Waals surface area (Å²) in [4.78, 5) is 21.0. The summed E-state index contributed by atoms with van der Waals surface area (Å²) in [6, 6.07) is 0. The number of ether oxygens (including phenoxy) is 2. The van der Waals surface area contributed by atoms with Crippen molar-refractivity contribution in [3.05, 3.63) is 0 Å². The van der Waals surface area contributed by atoms with Gasteiger partial charge in [0.1, 0.15) is 6.29 Å². The van der Waals surface area contributed by atoms with Gasteiger partial charge in [-0.15, -0.1) is 0 Å². The molecular formula is C12H22O4. The summed E-state index contributed by atoms with van der Waals surface area (Å²) >= 11 is 0. The third-order valence-corrected chi connectivity index (χ3v) is 1.80. The van der Waals surface area contributed by atoms with Crippen LogP contribution in [0.5, 0.6) is 0 Å². The number of carbonyl (C=O) groups excluding carboxylic acids is 2. The molecule has 0 aliphatic heterocycles. The van der Waals surface area contributed by atoms with Crippen molar-refractivity contribution in [2.75, 3.05) is 13.2 Å². The average Bonchev–Trinajstić information content (AvgIpc) is 2.18. The van der Waals surface area contributed by atoms with Crippen LogP contribution in [0.1, 0.15) is 46.5 Å². The van der Waals surface area contributed by atoms with E-state index in [0.29, 0.717) is 13.2 Å². The van der Waals surface area contributed by atoms with Crippen LogP contribution in [0.15, 0.2) is 0 Å². The first-order valence-corrected chi connectivity index (χ1v) is 5.69. The van der Waals surface area contributed by atoms with E-state index in [1.807, 2.05) is 20.8 Å². The van der Waals surface area contributed by atoms with E-state index in [-0.39, 0.29) is 24.4 Å². The van der Waals surface area contributed by atoms with Crippen molar-refractivity contribution in [3.63, 3.8) is 0 Å². The lowest BCUT2D eigenvalue weighted by atomic mass is 10.2. The van der Waals surface area contributed by atoms with Gasteiger partial charge in [-0.3, -0.25) is 4.79 Å². The summed E-state index contributed by atoms with van der Waals surface area (Å²) in [5.41, 5.74) is -0.110. The SMILES string of the molecule is CC(C)(C)OCCCCOC(=O)CCC=O. The minimum absolute atomic E-state index is 0.110. The quantitative estimate of drug-likeness (QED) is 0.364. The first kappa shape index (κ1) is 15.1. The lowest BCUT2D eigenvalue weighted by Gasteiger charge is -2.19. The minimum Gasteiger partial charge on any atom is -0.466 e. The molecule has 0 saturated heterocycles. The summed E-state index contributed by atoms with van der Waals surface area (Å²) in [6.45, 7) is 7.10. The molecule has 94 valence electrons. The van der Waals surface area contributed by atoms with Gasteiger partial charge in [-0.2, -0.15) is 0 Å². The monoisotopic (exact) mass is 230 g/mol. The zero-order valence-electron chi connectivity index (χ0n) is 10.5. The molecule has 0 rings (SSSR count). The Hall–Kier alpha value is -0.900. The average molecular weight is 230 g/mol. The van der Waals surface area contributed by atoms with Gasteiger partial charge in [-0.05, 0) is 33.6 Å². The van der Waals surface area contributed by atoms with Crippen LogP contribution in [0.4, 0.5) is 0 Å². The second-order valence-electron chi connectivity index (χ2n) is 4.59. The smallest absolute Gasteiger partial charge is 0.306 e. The van der Waals surface area contributed by atoms with Crippen molar-refractivity contribution in [2.45, 2.75) is 52.1 Å². The Balaban J connectivity index is 3.27. The largest absolute Gasteiger partial charge is 0.466 e. The van der Waals surface area contributed by atoms with E-state index in [4.69, 9.17) is 9.47 Å². The van der Waals surface area contributed by atoms with Crippen molar-refractivity contribution in [1.82, 2.24) is 0 Å². The standard InChI is InChI=1S/C12H22O4/c1-12(2,3)16-10-5-4-9-15-11(14)7-6-8-13/h8H,4-7,9-10H2,1-3H3. The maximum absolute atomic E-state index is 11.0. The first-order chi connectivity index (χ1) is 7.45.